The summed E-state index contributed by atoms with van der Waals surface area (Å²) in [6, 6.07) is 16.2. The second-order valence-electron chi connectivity index (χ2n) is 7.14. The van der Waals surface area contributed by atoms with Gasteiger partial charge in [-0.25, -0.2) is 0 Å². The van der Waals surface area contributed by atoms with E-state index in [0.717, 1.165) is 23.3 Å². The zero-order chi connectivity index (χ0) is 24.0. The van der Waals surface area contributed by atoms with E-state index in [4.69, 9.17) is 21.1 Å². The normalized spacial score (nSPS) is 11.5. The molecule has 172 valence electrons. The number of carbonyl (C=O) groups is 1. The van der Waals surface area contributed by atoms with Gasteiger partial charge in [-0.2, -0.15) is 13.2 Å². The molecule has 0 radical (unpaired) electrons. The van der Waals surface area contributed by atoms with Crippen molar-refractivity contribution in [1.29, 1.82) is 0 Å². The second kappa shape index (κ2) is 10.4. The zero-order valence-electron chi connectivity index (χ0n) is 17.9. The van der Waals surface area contributed by atoms with Crippen LogP contribution in [0, 0.1) is 6.92 Å². The molecule has 1 N–H and O–H groups in total. The van der Waals surface area contributed by atoms with Crippen LogP contribution in [0.3, 0.4) is 0 Å². The summed E-state index contributed by atoms with van der Waals surface area (Å²) < 4.78 is 50.2. The number of alkyl halides is 3. The maximum Gasteiger partial charge on any atom is 0.417 e. The smallest absolute Gasteiger partial charge is 0.417 e. The summed E-state index contributed by atoms with van der Waals surface area (Å²) >= 11 is 5.60. The van der Waals surface area contributed by atoms with Gasteiger partial charge in [0.05, 0.1) is 17.7 Å². The Morgan fingerprint density at radius 1 is 1.06 bits per heavy atom. The number of anilines is 1. The fourth-order valence-corrected chi connectivity index (χ4v) is 3.24. The van der Waals surface area contributed by atoms with Crippen LogP contribution in [0.4, 0.5) is 18.9 Å². The lowest BCUT2D eigenvalue weighted by Crippen LogP contribution is -2.11. The third-order valence-electron chi connectivity index (χ3n) is 4.80. The minimum Gasteiger partial charge on any atom is -0.493 e. The molecule has 0 fully saturated rings. The van der Waals surface area contributed by atoms with Crippen molar-refractivity contribution in [2.24, 2.45) is 0 Å². The Labute approximate surface area is 194 Å². The molecule has 0 aliphatic rings. The molecule has 3 rings (SSSR count). The van der Waals surface area contributed by atoms with Crippen molar-refractivity contribution in [1.82, 2.24) is 0 Å². The largest absolute Gasteiger partial charge is 0.493 e. The van der Waals surface area contributed by atoms with Crippen LogP contribution in [0.25, 0.3) is 6.08 Å². The molecule has 0 aromatic heterocycles. The van der Waals surface area contributed by atoms with E-state index in [-0.39, 0.29) is 5.69 Å². The first-order valence-corrected chi connectivity index (χ1v) is 10.3. The molecule has 33 heavy (non-hydrogen) atoms. The molecule has 0 saturated carbocycles. The number of hydrogen-bond acceptors (Lipinski definition) is 3. The summed E-state index contributed by atoms with van der Waals surface area (Å²) in [4.78, 5) is 12.2. The SMILES string of the molecule is COc1cc(/C=C/C(=O)Nc2ccc(Cl)c(C(F)(F)F)c2)ccc1OCc1ccccc1C. The highest BCUT2D eigenvalue weighted by molar-refractivity contribution is 6.31. The van der Waals surface area contributed by atoms with Gasteiger partial charge in [-0.15, -0.1) is 0 Å². The highest BCUT2D eigenvalue weighted by Crippen LogP contribution is 2.36. The molecule has 8 heteroatoms. The number of benzene rings is 3. The van der Waals surface area contributed by atoms with Crippen molar-refractivity contribution >= 4 is 29.3 Å². The average molecular weight is 476 g/mol. The van der Waals surface area contributed by atoms with Gasteiger partial charge >= 0.3 is 6.18 Å². The minimum atomic E-state index is -4.62. The van der Waals surface area contributed by atoms with E-state index in [1.54, 1.807) is 18.2 Å². The lowest BCUT2D eigenvalue weighted by molar-refractivity contribution is -0.137. The highest BCUT2D eigenvalue weighted by atomic mass is 35.5. The molecule has 0 spiro atoms. The van der Waals surface area contributed by atoms with Crippen LogP contribution in [0.5, 0.6) is 11.5 Å². The van der Waals surface area contributed by atoms with Gasteiger partial charge in [-0.1, -0.05) is 41.9 Å². The number of methoxy groups -OCH3 is 1. The number of halogens is 4. The van der Waals surface area contributed by atoms with E-state index in [1.807, 2.05) is 31.2 Å². The second-order valence-corrected chi connectivity index (χ2v) is 7.55. The first-order chi connectivity index (χ1) is 15.7. The van der Waals surface area contributed by atoms with E-state index in [1.165, 1.54) is 25.3 Å². The van der Waals surface area contributed by atoms with Crippen LogP contribution in [-0.2, 0) is 17.6 Å². The molecule has 3 aromatic rings. The highest BCUT2D eigenvalue weighted by Gasteiger charge is 2.33. The molecule has 4 nitrogen and oxygen atoms in total. The molecule has 0 unspecified atom stereocenters. The predicted octanol–water partition coefficient (Wildman–Crippen LogP) is 6.91. The van der Waals surface area contributed by atoms with E-state index in [9.17, 15) is 18.0 Å². The summed E-state index contributed by atoms with van der Waals surface area (Å²) in [5.41, 5.74) is 1.79. The first kappa shape index (κ1) is 24.2. The Balaban J connectivity index is 1.67. The molecule has 0 heterocycles. The topological polar surface area (TPSA) is 47.6 Å². The van der Waals surface area contributed by atoms with Gasteiger partial charge in [0, 0.05) is 11.8 Å². The lowest BCUT2D eigenvalue weighted by atomic mass is 10.1. The Hall–Kier alpha value is -3.45. The molecule has 0 saturated heterocycles. The van der Waals surface area contributed by atoms with Crippen molar-refractivity contribution in [3.63, 3.8) is 0 Å². The number of aryl methyl sites for hydroxylation is 1. The monoisotopic (exact) mass is 475 g/mol. The lowest BCUT2D eigenvalue weighted by Gasteiger charge is -2.12. The van der Waals surface area contributed by atoms with Gasteiger partial charge in [0.15, 0.2) is 11.5 Å². The van der Waals surface area contributed by atoms with Crippen LogP contribution in [0.1, 0.15) is 22.3 Å². The van der Waals surface area contributed by atoms with Crippen LogP contribution in [-0.4, -0.2) is 13.0 Å². The Morgan fingerprint density at radius 2 is 1.82 bits per heavy atom. The Kier molecular flexibility index (Phi) is 7.66. The summed E-state index contributed by atoms with van der Waals surface area (Å²) in [6.07, 6.45) is -1.89. The average Bonchev–Trinajstić information content (AvgIpc) is 2.78. The maximum absolute atomic E-state index is 13.0. The van der Waals surface area contributed by atoms with E-state index in [0.29, 0.717) is 23.7 Å². The first-order valence-electron chi connectivity index (χ1n) is 9.88. The van der Waals surface area contributed by atoms with Crippen molar-refractivity contribution in [2.45, 2.75) is 19.7 Å². The number of amides is 1. The standard InChI is InChI=1S/C25H21ClF3NO3/c1-16-5-3-4-6-18(16)15-33-22-11-7-17(13-23(22)32-2)8-12-24(31)30-19-9-10-21(26)20(14-19)25(27,28)29/h3-14H,15H2,1-2H3,(H,30,31)/b12-8+. The van der Waals surface area contributed by atoms with Crippen molar-refractivity contribution in [2.75, 3.05) is 12.4 Å². The summed E-state index contributed by atoms with van der Waals surface area (Å²) in [6.45, 7) is 2.38. The molecule has 0 aliphatic heterocycles. The molecule has 0 bridgehead atoms. The molecule has 1 amide bonds. The van der Waals surface area contributed by atoms with Crippen LogP contribution in [0.15, 0.2) is 66.7 Å². The molecular weight excluding hydrogens is 455 g/mol. The van der Waals surface area contributed by atoms with Crippen molar-refractivity contribution in [3.05, 3.63) is 94.0 Å². The molecule has 0 atom stereocenters. The van der Waals surface area contributed by atoms with E-state index >= 15 is 0 Å². The summed E-state index contributed by atoms with van der Waals surface area (Å²) in [5.74, 6) is 0.436. The summed E-state index contributed by atoms with van der Waals surface area (Å²) in [5, 5.41) is 1.96. The number of hydrogen-bond donors (Lipinski definition) is 1. The van der Waals surface area contributed by atoms with Crippen molar-refractivity contribution in [3.8, 4) is 11.5 Å². The van der Waals surface area contributed by atoms with Gasteiger partial charge < -0.3 is 14.8 Å². The number of nitrogens with one attached hydrogen (secondary N) is 1. The van der Waals surface area contributed by atoms with Crippen LogP contribution < -0.4 is 14.8 Å². The third kappa shape index (κ3) is 6.52. The summed E-state index contributed by atoms with van der Waals surface area (Å²) in [7, 11) is 1.51. The fourth-order valence-electron chi connectivity index (χ4n) is 3.01. The van der Waals surface area contributed by atoms with Gasteiger partial charge in [-0.3, -0.25) is 4.79 Å². The third-order valence-corrected chi connectivity index (χ3v) is 5.13. The quantitative estimate of drug-likeness (QED) is 0.378. The van der Waals surface area contributed by atoms with Gasteiger partial charge in [-0.05, 0) is 60.0 Å². The number of carbonyl (C=O) groups excluding carboxylic acids is 1. The van der Waals surface area contributed by atoms with Gasteiger partial charge in [0.25, 0.3) is 0 Å². The number of ether oxygens (including phenoxy) is 2. The Morgan fingerprint density at radius 3 is 2.52 bits per heavy atom. The van der Waals surface area contributed by atoms with Crippen LogP contribution in [0.2, 0.25) is 5.02 Å². The maximum atomic E-state index is 13.0. The van der Waals surface area contributed by atoms with E-state index < -0.39 is 22.7 Å². The zero-order valence-corrected chi connectivity index (χ0v) is 18.6. The van der Waals surface area contributed by atoms with Crippen LogP contribution >= 0.6 is 11.6 Å². The van der Waals surface area contributed by atoms with Crippen molar-refractivity contribution < 1.29 is 27.4 Å². The molecule has 0 aliphatic carbocycles. The minimum absolute atomic E-state index is 0.0149. The fraction of sp³-hybridized carbons (Fsp3) is 0.160. The van der Waals surface area contributed by atoms with Gasteiger partial charge in [0.2, 0.25) is 5.91 Å². The molecule has 3 aromatic carbocycles. The molecular formula is C25H21ClF3NO3. The number of rotatable bonds is 7. The predicted molar refractivity (Wildman–Crippen MR) is 123 cm³/mol. The van der Waals surface area contributed by atoms with E-state index in [2.05, 4.69) is 5.32 Å². The Bertz CT molecular complexity index is 1180. The van der Waals surface area contributed by atoms with Gasteiger partial charge in [0.1, 0.15) is 6.61 Å².